The summed E-state index contributed by atoms with van der Waals surface area (Å²) in [7, 11) is 0. The van der Waals surface area contributed by atoms with Crippen molar-refractivity contribution in [2.45, 2.75) is 13.5 Å². The minimum atomic E-state index is -0.576. The number of anilines is 1. The van der Waals surface area contributed by atoms with Gasteiger partial charge in [0.1, 0.15) is 18.2 Å². The van der Waals surface area contributed by atoms with Crippen LogP contribution in [0.1, 0.15) is 18.1 Å². The van der Waals surface area contributed by atoms with Crippen LogP contribution in [0.2, 0.25) is 15.1 Å². The van der Waals surface area contributed by atoms with E-state index < -0.39 is 5.91 Å². The van der Waals surface area contributed by atoms with E-state index >= 15 is 0 Å². The van der Waals surface area contributed by atoms with E-state index in [1.807, 2.05) is 31.2 Å². The Morgan fingerprint density at radius 1 is 1.03 bits per heavy atom. The van der Waals surface area contributed by atoms with Crippen LogP contribution in [-0.2, 0) is 11.4 Å². The van der Waals surface area contributed by atoms with Crippen molar-refractivity contribution in [2.24, 2.45) is 0 Å². The topological polar surface area (TPSA) is 71.3 Å². The molecule has 8 heteroatoms. The van der Waals surface area contributed by atoms with Crippen LogP contribution in [-0.4, -0.2) is 12.5 Å². The molecular weight excluding hydrogens is 483 g/mol. The standard InChI is InChI=1S/C25H19Cl3N2O3/c1-2-32-23-12-16(10-18(14-29)25(31)30-20-8-5-7-19(26)13-20)11-22(28)24(23)33-15-17-6-3-4-9-21(17)27/h3-13H,2,15H2,1H3,(H,30,31)/b18-10+. The first kappa shape index (κ1) is 24.5. The molecule has 0 aliphatic carbocycles. The minimum Gasteiger partial charge on any atom is -0.490 e. The first-order valence-electron chi connectivity index (χ1n) is 9.92. The van der Waals surface area contributed by atoms with Crippen LogP contribution in [0.5, 0.6) is 11.5 Å². The maximum atomic E-state index is 12.6. The summed E-state index contributed by atoms with van der Waals surface area (Å²) in [6.45, 7) is 2.39. The van der Waals surface area contributed by atoms with Gasteiger partial charge < -0.3 is 14.8 Å². The number of nitriles is 1. The van der Waals surface area contributed by atoms with E-state index in [9.17, 15) is 10.1 Å². The number of rotatable bonds is 8. The van der Waals surface area contributed by atoms with Gasteiger partial charge in [0.2, 0.25) is 0 Å². The van der Waals surface area contributed by atoms with Gasteiger partial charge in [-0.25, -0.2) is 0 Å². The van der Waals surface area contributed by atoms with Gasteiger partial charge in [0.15, 0.2) is 11.5 Å². The SMILES string of the molecule is CCOc1cc(/C=C(\C#N)C(=O)Nc2cccc(Cl)c2)cc(Cl)c1OCc1ccccc1Cl. The van der Waals surface area contributed by atoms with Crippen molar-refractivity contribution in [1.82, 2.24) is 0 Å². The summed E-state index contributed by atoms with van der Waals surface area (Å²) >= 11 is 18.6. The lowest BCUT2D eigenvalue weighted by Gasteiger charge is -2.15. The Balaban J connectivity index is 1.86. The van der Waals surface area contributed by atoms with Crippen molar-refractivity contribution in [3.05, 3.63) is 92.4 Å². The number of amides is 1. The molecule has 0 aliphatic rings. The average Bonchev–Trinajstić information content (AvgIpc) is 2.78. The fourth-order valence-corrected chi connectivity index (χ4v) is 3.57. The highest BCUT2D eigenvalue weighted by Gasteiger charge is 2.15. The van der Waals surface area contributed by atoms with E-state index in [-0.39, 0.29) is 17.2 Å². The van der Waals surface area contributed by atoms with Gasteiger partial charge in [0, 0.05) is 21.3 Å². The number of carbonyl (C=O) groups is 1. The van der Waals surface area contributed by atoms with E-state index in [1.54, 1.807) is 42.5 Å². The van der Waals surface area contributed by atoms with Gasteiger partial charge in [-0.3, -0.25) is 4.79 Å². The number of hydrogen-bond donors (Lipinski definition) is 1. The normalized spacial score (nSPS) is 10.9. The highest BCUT2D eigenvalue weighted by Crippen LogP contribution is 2.38. The lowest BCUT2D eigenvalue weighted by Crippen LogP contribution is -2.13. The summed E-state index contributed by atoms with van der Waals surface area (Å²) in [5, 5.41) is 13.5. The molecule has 0 saturated carbocycles. The van der Waals surface area contributed by atoms with E-state index in [2.05, 4.69) is 5.32 Å². The molecule has 0 bridgehead atoms. The summed E-state index contributed by atoms with van der Waals surface area (Å²) in [6.07, 6.45) is 1.42. The van der Waals surface area contributed by atoms with Gasteiger partial charge >= 0.3 is 0 Å². The molecule has 0 heterocycles. The van der Waals surface area contributed by atoms with Crippen LogP contribution in [0.15, 0.2) is 66.2 Å². The van der Waals surface area contributed by atoms with E-state index in [4.69, 9.17) is 44.3 Å². The molecule has 0 radical (unpaired) electrons. The zero-order valence-electron chi connectivity index (χ0n) is 17.6. The van der Waals surface area contributed by atoms with Gasteiger partial charge in [-0.15, -0.1) is 0 Å². The van der Waals surface area contributed by atoms with E-state index in [1.165, 1.54) is 6.08 Å². The first-order chi connectivity index (χ1) is 15.9. The molecule has 3 aromatic carbocycles. The third-order valence-electron chi connectivity index (χ3n) is 4.42. The highest BCUT2D eigenvalue weighted by molar-refractivity contribution is 6.32. The van der Waals surface area contributed by atoms with Crippen molar-refractivity contribution < 1.29 is 14.3 Å². The van der Waals surface area contributed by atoms with Gasteiger partial charge in [-0.1, -0.05) is 59.1 Å². The molecule has 168 valence electrons. The Bertz CT molecular complexity index is 1240. The third-order valence-corrected chi connectivity index (χ3v) is 5.30. The quantitative estimate of drug-likeness (QED) is 0.262. The predicted molar refractivity (Wildman–Crippen MR) is 132 cm³/mol. The highest BCUT2D eigenvalue weighted by atomic mass is 35.5. The number of benzene rings is 3. The molecule has 5 nitrogen and oxygen atoms in total. The Labute approximate surface area is 207 Å². The second-order valence-electron chi connectivity index (χ2n) is 6.78. The maximum absolute atomic E-state index is 12.6. The lowest BCUT2D eigenvalue weighted by atomic mass is 10.1. The van der Waals surface area contributed by atoms with Crippen LogP contribution in [0.4, 0.5) is 5.69 Å². The molecule has 3 rings (SSSR count). The molecule has 3 aromatic rings. The Morgan fingerprint density at radius 2 is 1.82 bits per heavy atom. The van der Waals surface area contributed by atoms with Gasteiger partial charge in [-0.05, 0) is 55.0 Å². The minimum absolute atomic E-state index is 0.113. The third kappa shape index (κ3) is 6.66. The van der Waals surface area contributed by atoms with Gasteiger partial charge in [0.05, 0.1) is 11.6 Å². The molecule has 0 fully saturated rings. The largest absolute Gasteiger partial charge is 0.490 e. The van der Waals surface area contributed by atoms with Crippen molar-refractivity contribution in [3.63, 3.8) is 0 Å². The van der Waals surface area contributed by atoms with Crippen molar-refractivity contribution >= 4 is 52.5 Å². The van der Waals surface area contributed by atoms with Crippen molar-refractivity contribution in [3.8, 4) is 17.6 Å². The predicted octanol–water partition coefficient (Wildman–Crippen LogP) is 7.17. The zero-order valence-corrected chi connectivity index (χ0v) is 19.8. The molecule has 0 unspecified atom stereocenters. The summed E-state index contributed by atoms with van der Waals surface area (Å²) in [5.41, 5.74) is 1.67. The van der Waals surface area contributed by atoms with Crippen LogP contribution in [0, 0.1) is 11.3 Å². The Morgan fingerprint density at radius 3 is 2.52 bits per heavy atom. The summed E-state index contributed by atoms with van der Waals surface area (Å²) in [5.74, 6) is 0.154. The number of halogens is 3. The first-order valence-corrected chi connectivity index (χ1v) is 11.1. The average molecular weight is 502 g/mol. The van der Waals surface area contributed by atoms with Gasteiger partial charge in [-0.2, -0.15) is 5.26 Å². The summed E-state index contributed by atoms with van der Waals surface area (Å²) < 4.78 is 11.6. The molecule has 1 amide bonds. The lowest BCUT2D eigenvalue weighted by molar-refractivity contribution is -0.112. The number of hydrogen-bond acceptors (Lipinski definition) is 4. The number of carbonyl (C=O) groups excluding carboxylic acids is 1. The van der Waals surface area contributed by atoms with Crippen LogP contribution >= 0.6 is 34.8 Å². The van der Waals surface area contributed by atoms with Crippen LogP contribution in [0.3, 0.4) is 0 Å². The molecule has 0 aliphatic heterocycles. The molecule has 0 atom stereocenters. The fraction of sp³-hybridized carbons (Fsp3) is 0.120. The molecule has 0 spiro atoms. The molecular formula is C25H19Cl3N2O3. The zero-order chi connectivity index (χ0) is 23.8. The van der Waals surface area contributed by atoms with E-state index in [0.717, 1.165) is 5.56 Å². The van der Waals surface area contributed by atoms with Crippen molar-refractivity contribution in [1.29, 1.82) is 5.26 Å². The molecule has 0 aromatic heterocycles. The fourth-order valence-electron chi connectivity index (χ4n) is 2.92. The van der Waals surface area contributed by atoms with Crippen LogP contribution in [0.25, 0.3) is 6.08 Å². The second-order valence-corrected chi connectivity index (χ2v) is 8.03. The monoisotopic (exact) mass is 500 g/mol. The Hall–Kier alpha value is -3.17. The number of nitrogens with zero attached hydrogens (tertiary/aromatic N) is 1. The van der Waals surface area contributed by atoms with Gasteiger partial charge in [0.25, 0.3) is 5.91 Å². The molecule has 0 saturated heterocycles. The number of nitrogens with one attached hydrogen (secondary N) is 1. The second kappa shape index (κ2) is 11.6. The van der Waals surface area contributed by atoms with E-state index in [0.29, 0.717) is 39.4 Å². The molecule has 1 N–H and O–H groups in total. The summed E-state index contributed by atoms with van der Waals surface area (Å²) in [6, 6.07) is 19.1. The smallest absolute Gasteiger partial charge is 0.266 e. The number of ether oxygens (including phenoxy) is 2. The summed E-state index contributed by atoms with van der Waals surface area (Å²) in [4.78, 5) is 12.6. The van der Waals surface area contributed by atoms with Crippen LogP contribution < -0.4 is 14.8 Å². The van der Waals surface area contributed by atoms with Crippen molar-refractivity contribution in [2.75, 3.05) is 11.9 Å². The molecule has 33 heavy (non-hydrogen) atoms. The maximum Gasteiger partial charge on any atom is 0.266 e. The Kier molecular flexibility index (Phi) is 8.62.